The van der Waals surface area contributed by atoms with Crippen LogP contribution in [0.3, 0.4) is 0 Å². The minimum Gasteiger partial charge on any atom is -0.330 e. The second kappa shape index (κ2) is 3.53. The largest absolute Gasteiger partial charge is 0.330 e. The van der Waals surface area contributed by atoms with Gasteiger partial charge in [-0.15, -0.1) is 5.10 Å². The molecule has 0 aliphatic carbocycles. The summed E-state index contributed by atoms with van der Waals surface area (Å²) >= 11 is 5.45. The van der Waals surface area contributed by atoms with Crippen LogP contribution in [0.4, 0.5) is 0 Å². The first-order chi connectivity index (χ1) is 4.83. The van der Waals surface area contributed by atoms with Crippen LogP contribution in [0.1, 0.15) is 12.2 Å². The summed E-state index contributed by atoms with van der Waals surface area (Å²) in [6.45, 7) is 0.665. The lowest BCUT2D eigenvalue weighted by Crippen LogP contribution is -2.01. The van der Waals surface area contributed by atoms with Crippen molar-refractivity contribution >= 4 is 11.6 Å². The Kier molecular flexibility index (Phi) is 2.65. The predicted octanol–water partition coefficient (Wildman–Crippen LogP) is 0.349. The highest BCUT2D eigenvalue weighted by atomic mass is 35.5. The summed E-state index contributed by atoms with van der Waals surface area (Å²) in [6.07, 6.45) is 1.72. The topological polar surface area (TPSA) is 67.6 Å². The molecule has 0 saturated heterocycles. The van der Waals surface area contributed by atoms with E-state index >= 15 is 0 Å². The maximum atomic E-state index is 5.45. The van der Waals surface area contributed by atoms with Crippen LogP contribution in [-0.4, -0.2) is 21.7 Å². The number of nitrogens with one attached hydrogen (secondary N) is 1. The number of aromatic amines is 1. The molecule has 0 saturated carbocycles. The zero-order valence-electron chi connectivity index (χ0n) is 5.47. The number of H-pyrrole nitrogens is 1. The van der Waals surface area contributed by atoms with E-state index in [1.807, 2.05) is 0 Å². The van der Waals surface area contributed by atoms with Crippen LogP contribution < -0.4 is 5.73 Å². The van der Waals surface area contributed by atoms with Crippen LogP contribution in [0, 0.1) is 0 Å². The number of rotatable bonds is 3. The second-order valence-electron chi connectivity index (χ2n) is 1.94. The van der Waals surface area contributed by atoms with Gasteiger partial charge in [0.25, 0.3) is 0 Å². The van der Waals surface area contributed by atoms with Gasteiger partial charge in [-0.1, -0.05) is 0 Å². The molecule has 1 heterocycles. The average molecular weight is 161 g/mol. The van der Waals surface area contributed by atoms with Crippen molar-refractivity contribution in [1.29, 1.82) is 0 Å². The first-order valence-corrected chi connectivity index (χ1v) is 3.47. The minimum atomic E-state index is 0.270. The SMILES string of the molecule is NCCCc1nc(Cl)n[nH]1. The first kappa shape index (κ1) is 7.50. The number of aromatic nitrogens is 3. The molecule has 1 aromatic rings. The molecule has 0 amide bonds. The molecule has 56 valence electrons. The van der Waals surface area contributed by atoms with Gasteiger partial charge in [0, 0.05) is 6.42 Å². The quantitative estimate of drug-likeness (QED) is 0.671. The molecule has 0 aromatic carbocycles. The Bertz CT molecular complexity index is 197. The van der Waals surface area contributed by atoms with Crippen LogP contribution in [0.5, 0.6) is 0 Å². The molecular weight excluding hydrogens is 152 g/mol. The van der Waals surface area contributed by atoms with Crippen molar-refractivity contribution in [2.24, 2.45) is 5.73 Å². The third-order valence-corrected chi connectivity index (χ3v) is 1.29. The number of hydrogen-bond donors (Lipinski definition) is 2. The molecule has 5 heteroatoms. The van der Waals surface area contributed by atoms with E-state index in [0.717, 1.165) is 18.7 Å². The molecule has 0 aliphatic rings. The predicted molar refractivity (Wildman–Crippen MR) is 38.8 cm³/mol. The number of hydrogen-bond acceptors (Lipinski definition) is 3. The highest BCUT2D eigenvalue weighted by Gasteiger charge is 1.97. The summed E-state index contributed by atoms with van der Waals surface area (Å²) in [4.78, 5) is 3.89. The van der Waals surface area contributed by atoms with Gasteiger partial charge in [0.15, 0.2) is 0 Å². The second-order valence-corrected chi connectivity index (χ2v) is 2.28. The van der Waals surface area contributed by atoms with Crippen molar-refractivity contribution in [3.8, 4) is 0 Å². The molecule has 3 N–H and O–H groups in total. The molecule has 0 bridgehead atoms. The molecule has 1 aromatic heterocycles. The minimum absolute atomic E-state index is 0.270. The zero-order chi connectivity index (χ0) is 7.40. The van der Waals surface area contributed by atoms with Crippen LogP contribution in [0.15, 0.2) is 0 Å². The van der Waals surface area contributed by atoms with Gasteiger partial charge in [-0.2, -0.15) is 0 Å². The first-order valence-electron chi connectivity index (χ1n) is 3.10. The summed E-state index contributed by atoms with van der Waals surface area (Å²) in [6, 6.07) is 0. The van der Waals surface area contributed by atoms with Gasteiger partial charge in [0.2, 0.25) is 5.28 Å². The lowest BCUT2D eigenvalue weighted by molar-refractivity contribution is 0.785. The molecule has 0 atom stereocenters. The van der Waals surface area contributed by atoms with Gasteiger partial charge in [-0.05, 0) is 24.6 Å². The van der Waals surface area contributed by atoms with E-state index in [1.165, 1.54) is 0 Å². The van der Waals surface area contributed by atoms with E-state index < -0.39 is 0 Å². The molecule has 1 rings (SSSR count). The summed E-state index contributed by atoms with van der Waals surface area (Å²) in [5.74, 6) is 0.801. The fourth-order valence-electron chi connectivity index (χ4n) is 0.653. The Morgan fingerprint density at radius 2 is 2.40 bits per heavy atom. The van der Waals surface area contributed by atoms with Gasteiger partial charge in [-0.3, -0.25) is 5.10 Å². The van der Waals surface area contributed by atoms with E-state index in [9.17, 15) is 0 Å². The van der Waals surface area contributed by atoms with Gasteiger partial charge in [-0.25, -0.2) is 4.98 Å². The summed E-state index contributed by atoms with van der Waals surface area (Å²) in [5.41, 5.74) is 5.29. The smallest absolute Gasteiger partial charge is 0.242 e. The third kappa shape index (κ3) is 1.97. The molecule has 0 fully saturated rings. The molecule has 10 heavy (non-hydrogen) atoms. The van der Waals surface area contributed by atoms with Crippen molar-refractivity contribution in [2.45, 2.75) is 12.8 Å². The van der Waals surface area contributed by atoms with Crippen LogP contribution in [-0.2, 0) is 6.42 Å². The van der Waals surface area contributed by atoms with E-state index in [0.29, 0.717) is 6.54 Å². The summed E-state index contributed by atoms with van der Waals surface area (Å²) < 4.78 is 0. The third-order valence-electron chi connectivity index (χ3n) is 1.12. The maximum absolute atomic E-state index is 5.45. The van der Waals surface area contributed by atoms with E-state index in [-0.39, 0.29) is 5.28 Å². The molecule has 0 spiro atoms. The van der Waals surface area contributed by atoms with Gasteiger partial charge >= 0.3 is 0 Å². The van der Waals surface area contributed by atoms with E-state index in [1.54, 1.807) is 0 Å². The monoisotopic (exact) mass is 160 g/mol. The Hall–Kier alpha value is -0.610. The Labute approximate surface area is 63.8 Å². The lowest BCUT2D eigenvalue weighted by Gasteiger charge is -1.89. The maximum Gasteiger partial charge on any atom is 0.242 e. The summed E-state index contributed by atoms with van der Waals surface area (Å²) in [5, 5.41) is 6.62. The van der Waals surface area contributed by atoms with Gasteiger partial charge < -0.3 is 5.73 Å². The molecule has 0 aliphatic heterocycles. The van der Waals surface area contributed by atoms with Crippen molar-refractivity contribution in [1.82, 2.24) is 15.2 Å². The van der Waals surface area contributed by atoms with Crippen molar-refractivity contribution in [3.63, 3.8) is 0 Å². The molecule has 0 radical (unpaired) electrons. The van der Waals surface area contributed by atoms with E-state index in [2.05, 4.69) is 15.2 Å². The Morgan fingerprint density at radius 1 is 1.60 bits per heavy atom. The van der Waals surface area contributed by atoms with Crippen molar-refractivity contribution in [3.05, 3.63) is 11.1 Å². The van der Waals surface area contributed by atoms with E-state index in [4.69, 9.17) is 17.3 Å². The standard InChI is InChI=1S/C5H9ClN4/c6-5-8-4(9-10-5)2-1-3-7/h1-3,7H2,(H,8,9,10). The van der Waals surface area contributed by atoms with Crippen molar-refractivity contribution in [2.75, 3.05) is 6.54 Å². The fraction of sp³-hybridized carbons (Fsp3) is 0.600. The fourth-order valence-corrected chi connectivity index (χ4v) is 0.798. The average Bonchev–Trinajstić information content (AvgIpc) is 2.31. The zero-order valence-corrected chi connectivity index (χ0v) is 6.23. The molecule has 4 nitrogen and oxygen atoms in total. The number of nitrogens with two attached hydrogens (primary N) is 1. The van der Waals surface area contributed by atoms with Crippen LogP contribution in [0.2, 0.25) is 5.28 Å². The van der Waals surface area contributed by atoms with Crippen molar-refractivity contribution < 1.29 is 0 Å². The summed E-state index contributed by atoms with van der Waals surface area (Å²) in [7, 11) is 0. The number of halogens is 1. The number of aryl methyl sites for hydroxylation is 1. The lowest BCUT2D eigenvalue weighted by atomic mass is 10.3. The highest BCUT2D eigenvalue weighted by molar-refractivity contribution is 6.28. The van der Waals surface area contributed by atoms with Crippen LogP contribution in [0.25, 0.3) is 0 Å². The number of nitrogens with zero attached hydrogens (tertiary/aromatic N) is 2. The molecule has 0 unspecified atom stereocenters. The normalized spacial score (nSPS) is 10.2. The Morgan fingerprint density at radius 3 is 2.90 bits per heavy atom. The van der Waals surface area contributed by atoms with Crippen LogP contribution >= 0.6 is 11.6 Å². The van der Waals surface area contributed by atoms with Gasteiger partial charge in [0.05, 0.1) is 0 Å². The highest BCUT2D eigenvalue weighted by Crippen LogP contribution is 2.00. The van der Waals surface area contributed by atoms with Gasteiger partial charge in [0.1, 0.15) is 5.82 Å². The molecular formula is C5H9ClN4. The Balaban J connectivity index is 2.42.